The van der Waals surface area contributed by atoms with E-state index in [0.29, 0.717) is 6.54 Å². The molecule has 0 radical (unpaired) electrons. The van der Waals surface area contributed by atoms with Crippen LogP contribution in [0.25, 0.3) is 0 Å². The van der Waals surface area contributed by atoms with Crippen molar-refractivity contribution in [3.05, 3.63) is 0 Å². The van der Waals surface area contributed by atoms with Gasteiger partial charge < -0.3 is 20.1 Å². The van der Waals surface area contributed by atoms with Crippen molar-refractivity contribution in [1.82, 2.24) is 9.80 Å². The molecular weight excluding hydrogens is 254 g/mol. The molecule has 5 heteroatoms. The Balaban J connectivity index is 2.64. The standard InChI is InChI=1S/C15H33N3O2/c1-4-19-11-9-18(10-12-20-5-2)15(13-16)7-6-8-17(3)14-15/h4-14,16H2,1-3H3. The van der Waals surface area contributed by atoms with Gasteiger partial charge in [-0.25, -0.2) is 0 Å². The summed E-state index contributed by atoms with van der Waals surface area (Å²) in [4.78, 5) is 4.89. The summed E-state index contributed by atoms with van der Waals surface area (Å²) in [5.74, 6) is 0. The van der Waals surface area contributed by atoms with Crippen LogP contribution in [0, 0.1) is 0 Å². The molecule has 0 aromatic heterocycles. The van der Waals surface area contributed by atoms with Gasteiger partial charge in [-0.15, -0.1) is 0 Å². The average molecular weight is 287 g/mol. The predicted molar refractivity (Wildman–Crippen MR) is 83.1 cm³/mol. The van der Waals surface area contributed by atoms with Crippen LogP contribution in [0.1, 0.15) is 26.7 Å². The molecule has 0 aromatic rings. The van der Waals surface area contributed by atoms with E-state index in [-0.39, 0.29) is 5.54 Å². The van der Waals surface area contributed by atoms with E-state index in [0.717, 1.165) is 46.1 Å². The van der Waals surface area contributed by atoms with E-state index in [1.165, 1.54) is 19.4 Å². The number of ether oxygens (including phenoxy) is 2. The third kappa shape index (κ3) is 5.30. The summed E-state index contributed by atoms with van der Waals surface area (Å²) >= 11 is 0. The van der Waals surface area contributed by atoms with Crippen molar-refractivity contribution in [2.45, 2.75) is 32.2 Å². The molecule has 0 aliphatic carbocycles. The molecule has 2 N–H and O–H groups in total. The SMILES string of the molecule is CCOCCN(CCOCC)C1(CN)CCCN(C)C1. The van der Waals surface area contributed by atoms with Crippen LogP contribution in [0.15, 0.2) is 0 Å². The van der Waals surface area contributed by atoms with Crippen LogP contribution in [-0.2, 0) is 9.47 Å². The summed E-state index contributed by atoms with van der Waals surface area (Å²) in [6.45, 7) is 12.0. The lowest BCUT2D eigenvalue weighted by atomic mass is 9.87. The molecule has 0 amide bonds. The summed E-state index contributed by atoms with van der Waals surface area (Å²) in [7, 11) is 2.19. The van der Waals surface area contributed by atoms with E-state index in [2.05, 4.69) is 16.8 Å². The minimum atomic E-state index is 0.0845. The zero-order valence-electron chi connectivity index (χ0n) is 13.6. The molecule has 1 rings (SSSR count). The molecule has 0 saturated carbocycles. The Morgan fingerprint density at radius 1 is 1.15 bits per heavy atom. The quantitative estimate of drug-likeness (QED) is 0.602. The second-order valence-electron chi connectivity index (χ2n) is 5.65. The van der Waals surface area contributed by atoms with Crippen LogP contribution in [0.3, 0.4) is 0 Å². The average Bonchev–Trinajstić information content (AvgIpc) is 2.46. The summed E-state index contributed by atoms with van der Waals surface area (Å²) < 4.78 is 11.1. The number of hydrogen-bond donors (Lipinski definition) is 1. The monoisotopic (exact) mass is 287 g/mol. The Morgan fingerprint density at radius 3 is 2.20 bits per heavy atom. The van der Waals surface area contributed by atoms with Crippen LogP contribution in [0.2, 0.25) is 0 Å². The third-order valence-corrected chi connectivity index (χ3v) is 4.22. The highest BCUT2D eigenvalue weighted by molar-refractivity contribution is 4.97. The van der Waals surface area contributed by atoms with Gasteiger partial charge >= 0.3 is 0 Å². The molecule has 1 aliphatic heterocycles. The fourth-order valence-corrected chi connectivity index (χ4v) is 3.12. The van der Waals surface area contributed by atoms with Crippen molar-refractivity contribution in [2.75, 3.05) is 66.2 Å². The first kappa shape index (κ1) is 17.9. The lowest BCUT2D eigenvalue weighted by Crippen LogP contribution is -2.63. The number of likely N-dealkylation sites (N-methyl/N-ethyl adjacent to an activating group) is 1. The normalized spacial score (nSPS) is 24.4. The van der Waals surface area contributed by atoms with E-state index in [4.69, 9.17) is 15.2 Å². The molecule has 5 nitrogen and oxygen atoms in total. The van der Waals surface area contributed by atoms with E-state index < -0.39 is 0 Å². The third-order valence-electron chi connectivity index (χ3n) is 4.22. The highest BCUT2D eigenvalue weighted by Crippen LogP contribution is 2.26. The van der Waals surface area contributed by atoms with E-state index >= 15 is 0 Å². The Hall–Kier alpha value is -0.200. The number of nitrogens with zero attached hydrogens (tertiary/aromatic N) is 2. The second-order valence-corrected chi connectivity index (χ2v) is 5.65. The smallest absolute Gasteiger partial charge is 0.0593 e. The van der Waals surface area contributed by atoms with Gasteiger partial charge in [-0.05, 0) is 40.3 Å². The molecule has 1 aliphatic rings. The van der Waals surface area contributed by atoms with Crippen molar-refractivity contribution in [2.24, 2.45) is 5.73 Å². The Bertz CT molecular complexity index is 243. The highest BCUT2D eigenvalue weighted by atomic mass is 16.5. The number of hydrogen-bond acceptors (Lipinski definition) is 5. The maximum Gasteiger partial charge on any atom is 0.0593 e. The van der Waals surface area contributed by atoms with Crippen LogP contribution < -0.4 is 5.73 Å². The molecule has 1 saturated heterocycles. The van der Waals surface area contributed by atoms with Gasteiger partial charge in [0.25, 0.3) is 0 Å². The van der Waals surface area contributed by atoms with Crippen molar-refractivity contribution in [3.8, 4) is 0 Å². The molecule has 1 unspecified atom stereocenters. The summed E-state index contributed by atoms with van der Waals surface area (Å²) in [5, 5.41) is 0. The van der Waals surface area contributed by atoms with Crippen LogP contribution in [0.4, 0.5) is 0 Å². The zero-order valence-corrected chi connectivity index (χ0v) is 13.6. The second kappa shape index (κ2) is 9.68. The predicted octanol–water partition coefficient (Wildman–Crippen LogP) is 0.785. The summed E-state index contributed by atoms with van der Waals surface area (Å²) in [6, 6.07) is 0. The molecule has 0 spiro atoms. The van der Waals surface area contributed by atoms with E-state index in [1.54, 1.807) is 0 Å². The summed E-state index contributed by atoms with van der Waals surface area (Å²) in [5.41, 5.74) is 6.24. The largest absolute Gasteiger partial charge is 0.380 e. The van der Waals surface area contributed by atoms with E-state index in [9.17, 15) is 0 Å². The van der Waals surface area contributed by atoms with Crippen molar-refractivity contribution >= 4 is 0 Å². The maximum absolute atomic E-state index is 6.16. The fraction of sp³-hybridized carbons (Fsp3) is 1.00. The first-order valence-electron chi connectivity index (χ1n) is 7.97. The van der Waals surface area contributed by atoms with Gasteiger partial charge in [0.05, 0.1) is 13.2 Å². The molecule has 0 bridgehead atoms. The number of piperidine rings is 1. The lowest BCUT2D eigenvalue weighted by molar-refractivity contribution is -0.0118. The van der Waals surface area contributed by atoms with Crippen molar-refractivity contribution in [1.29, 1.82) is 0 Å². The van der Waals surface area contributed by atoms with Gasteiger partial charge in [-0.2, -0.15) is 0 Å². The van der Waals surface area contributed by atoms with Gasteiger partial charge in [-0.1, -0.05) is 0 Å². The molecule has 20 heavy (non-hydrogen) atoms. The Kier molecular flexibility index (Phi) is 8.64. The maximum atomic E-state index is 6.16. The molecular formula is C15H33N3O2. The van der Waals surface area contributed by atoms with Crippen LogP contribution >= 0.6 is 0 Å². The minimum absolute atomic E-state index is 0.0845. The number of rotatable bonds is 10. The summed E-state index contributed by atoms with van der Waals surface area (Å²) in [6.07, 6.45) is 2.39. The van der Waals surface area contributed by atoms with Crippen LogP contribution in [-0.4, -0.2) is 81.5 Å². The molecule has 120 valence electrons. The first-order chi connectivity index (χ1) is 9.68. The topological polar surface area (TPSA) is 51.0 Å². The van der Waals surface area contributed by atoms with Crippen molar-refractivity contribution < 1.29 is 9.47 Å². The minimum Gasteiger partial charge on any atom is -0.380 e. The van der Waals surface area contributed by atoms with Gasteiger partial charge in [0.1, 0.15) is 0 Å². The number of nitrogens with two attached hydrogens (primary N) is 1. The molecule has 1 heterocycles. The Labute approximate surface area is 124 Å². The Morgan fingerprint density at radius 2 is 1.75 bits per heavy atom. The zero-order chi connectivity index (χ0) is 14.8. The highest BCUT2D eigenvalue weighted by Gasteiger charge is 2.38. The van der Waals surface area contributed by atoms with Gasteiger partial charge in [0.15, 0.2) is 0 Å². The first-order valence-corrected chi connectivity index (χ1v) is 7.97. The van der Waals surface area contributed by atoms with Crippen molar-refractivity contribution in [3.63, 3.8) is 0 Å². The lowest BCUT2D eigenvalue weighted by Gasteiger charge is -2.48. The van der Waals surface area contributed by atoms with Crippen LogP contribution in [0.5, 0.6) is 0 Å². The van der Waals surface area contributed by atoms with E-state index in [1.807, 2.05) is 13.8 Å². The fourth-order valence-electron chi connectivity index (χ4n) is 3.12. The number of likely N-dealkylation sites (tertiary alicyclic amines) is 1. The molecule has 0 aromatic carbocycles. The van der Waals surface area contributed by atoms with Gasteiger partial charge in [-0.3, -0.25) is 4.90 Å². The van der Waals surface area contributed by atoms with Gasteiger partial charge in [0, 0.05) is 44.9 Å². The van der Waals surface area contributed by atoms with Gasteiger partial charge in [0.2, 0.25) is 0 Å². The molecule has 1 fully saturated rings. The molecule has 1 atom stereocenters.